The van der Waals surface area contributed by atoms with Crippen molar-refractivity contribution >= 4 is 17.6 Å². The maximum absolute atomic E-state index is 12.7. The first-order valence-corrected chi connectivity index (χ1v) is 7.21. The largest absolute Gasteiger partial charge is 0.339 e. The predicted octanol–water partition coefficient (Wildman–Crippen LogP) is -0.225. The minimum atomic E-state index is -0.427. The summed E-state index contributed by atoms with van der Waals surface area (Å²) in [6.07, 6.45) is 2.51. The van der Waals surface area contributed by atoms with E-state index in [1.807, 2.05) is 0 Å². The average molecular weight is 281 g/mol. The van der Waals surface area contributed by atoms with Crippen LogP contribution in [0.2, 0.25) is 0 Å². The van der Waals surface area contributed by atoms with Crippen LogP contribution in [0.3, 0.4) is 0 Å². The third-order valence-electron chi connectivity index (χ3n) is 4.39. The highest BCUT2D eigenvalue weighted by Gasteiger charge is 2.42. The van der Waals surface area contributed by atoms with Crippen LogP contribution < -0.4 is 5.32 Å². The molecule has 0 aromatic rings. The molecular weight excluding hydrogens is 258 g/mol. The molecule has 0 aromatic heterocycles. The number of likely N-dealkylation sites (N-methyl/N-ethyl adjacent to an activating group) is 1. The van der Waals surface area contributed by atoms with Gasteiger partial charge in [0.25, 0.3) is 0 Å². The Balaban J connectivity index is 2.32. The van der Waals surface area contributed by atoms with E-state index in [1.165, 1.54) is 6.92 Å². The molecule has 0 aliphatic carbocycles. The van der Waals surface area contributed by atoms with Crippen molar-refractivity contribution < 1.29 is 14.4 Å². The molecule has 3 atom stereocenters. The van der Waals surface area contributed by atoms with Crippen LogP contribution >= 0.6 is 0 Å². The quantitative estimate of drug-likeness (QED) is 0.759. The minimum Gasteiger partial charge on any atom is -0.339 e. The summed E-state index contributed by atoms with van der Waals surface area (Å²) in [5.74, 6) is -0.0415. The molecule has 6 nitrogen and oxygen atoms in total. The number of fused-ring (bicyclic) bond motifs is 1. The number of ketones is 1. The van der Waals surface area contributed by atoms with Gasteiger partial charge in [0, 0.05) is 20.0 Å². The number of carbonyl (C=O) groups excluding carboxylic acids is 3. The molecule has 6 heteroatoms. The molecule has 1 N–H and O–H groups in total. The summed E-state index contributed by atoms with van der Waals surface area (Å²) in [6.45, 7) is 3.98. The van der Waals surface area contributed by atoms with E-state index in [0.717, 1.165) is 19.3 Å². The number of Topliss-reactive ketones (excluding diaryl/α,β-unsaturated/α-hetero) is 1. The smallest absolute Gasteiger partial charge is 0.242 e. The maximum atomic E-state index is 12.7. The lowest BCUT2D eigenvalue weighted by molar-refractivity contribution is -0.144. The molecule has 0 spiro atoms. The van der Waals surface area contributed by atoms with Crippen LogP contribution in [0.25, 0.3) is 0 Å². The first kappa shape index (κ1) is 15.0. The molecule has 2 amide bonds. The lowest BCUT2D eigenvalue weighted by Crippen LogP contribution is -2.57. The average Bonchev–Trinajstić information content (AvgIpc) is 2.55. The van der Waals surface area contributed by atoms with Crippen LogP contribution in [0.5, 0.6) is 0 Å². The van der Waals surface area contributed by atoms with E-state index < -0.39 is 6.04 Å². The lowest BCUT2D eigenvalue weighted by Gasteiger charge is -2.41. The molecule has 2 saturated heterocycles. The van der Waals surface area contributed by atoms with Gasteiger partial charge in [0.1, 0.15) is 6.04 Å². The zero-order chi connectivity index (χ0) is 14.9. The third-order valence-corrected chi connectivity index (χ3v) is 4.39. The molecule has 20 heavy (non-hydrogen) atoms. The van der Waals surface area contributed by atoms with Crippen LogP contribution in [0, 0.1) is 0 Å². The summed E-state index contributed by atoms with van der Waals surface area (Å²) in [5, 5.41) is 2.97. The number of hydrogen-bond acceptors (Lipinski definition) is 4. The van der Waals surface area contributed by atoms with Crippen LogP contribution in [-0.4, -0.2) is 65.7 Å². The summed E-state index contributed by atoms with van der Waals surface area (Å²) < 4.78 is 0. The van der Waals surface area contributed by atoms with Gasteiger partial charge >= 0.3 is 0 Å². The highest BCUT2D eigenvalue weighted by molar-refractivity contribution is 5.91. The number of amides is 2. The van der Waals surface area contributed by atoms with Crippen LogP contribution in [0.1, 0.15) is 33.1 Å². The summed E-state index contributed by atoms with van der Waals surface area (Å²) in [6, 6.07) is -0.791. The van der Waals surface area contributed by atoms with E-state index in [-0.39, 0.29) is 29.7 Å². The maximum Gasteiger partial charge on any atom is 0.242 e. The monoisotopic (exact) mass is 281 g/mol. The molecule has 1 unspecified atom stereocenters. The second-order valence-electron chi connectivity index (χ2n) is 5.72. The molecule has 0 radical (unpaired) electrons. The fourth-order valence-electron chi connectivity index (χ4n) is 3.27. The van der Waals surface area contributed by atoms with Gasteiger partial charge < -0.3 is 15.1 Å². The Morgan fingerprint density at radius 3 is 2.45 bits per heavy atom. The van der Waals surface area contributed by atoms with Gasteiger partial charge in [0.2, 0.25) is 11.8 Å². The Morgan fingerprint density at radius 1 is 1.20 bits per heavy atom. The highest BCUT2D eigenvalue weighted by Crippen LogP contribution is 2.27. The van der Waals surface area contributed by atoms with Crippen molar-refractivity contribution in [3.8, 4) is 0 Å². The van der Waals surface area contributed by atoms with Crippen molar-refractivity contribution in [1.29, 1.82) is 0 Å². The van der Waals surface area contributed by atoms with Crippen molar-refractivity contribution in [2.45, 2.75) is 51.2 Å². The Kier molecular flexibility index (Phi) is 4.42. The van der Waals surface area contributed by atoms with Gasteiger partial charge in [-0.25, -0.2) is 0 Å². The predicted molar refractivity (Wildman–Crippen MR) is 74.1 cm³/mol. The van der Waals surface area contributed by atoms with Crippen molar-refractivity contribution in [3.63, 3.8) is 0 Å². The second kappa shape index (κ2) is 5.91. The first-order valence-electron chi connectivity index (χ1n) is 7.21. The number of rotatable bonds is 2. The molecule has 2 fully saturated rings. The van der Waals surface area contributed by atoms with E-state index in [2.05, 4.69) is 5.32 Å². The van der Waals surface area contributed by atoms with Crippen LogP contribution in [0.4, 0.5) is 0 Å². The molecule has 112 valence electrons. The van der Waals surface area contributed by atoms with Gasteiger partial charge in [0.05, 0.1) is 12.1 Å². The number of piperidine rings is 1. The summed E-state index contributed by atoms with van der Waals surface area (Å²) in [5.41, 5.74) is 0. The van der Waals surface area contributed by atoms with Gasteiger partial charge in [-0.15, -0.1) is 0 Å². The highest BCUT2D eigenvalue weighted by atomic mass is 16.2. The van der Waals surface area contributed by atoms with Gasteiger partial charge in [-0.2, -0.15) is 0 Å². The number of nitrogens with one attached hydrogen (secondary N) is 1. The van der Waals surface area contributed by atoms with Crippen LogP contribution in [0.15, 0.2) is 0 Å². The van der Waals surface area contributed by atoms with Crippen LogP contribution in [-0.2, 0) is 14.4 Å². The Hall–Kier alpha value is -1.43. The normalized spacial score (nSPS) is 30.8. The van der Waals surface area contributed by atoms with Crippen molar-refractivity contribution in [3.05, 3.63) is 0 Å². The second-order valence-corrected chi connectivity index (χ2v) is 5.72. The van der Waals surface area contributed by atoms with Gasteiger partial charge in [0.15, 0.2) is 5.78 Å². The first-order chi connectivity index (χ1) is 9.45. The molecule has 2 aliphatic rings. The molecule has 2 aliphatic heterocycles. The molecule has 2 heterocycles. The summed E-state index contributed by atoms with van der Waals surface area (Å²) >= 11 is 0. The number of hydrogen-bond donors (Lipinski definition) is 1. The summed E-state index contributed by atoms with van der Waals surface area (Å²) in [4.78, 5) is 39.7. The topological polar surface area (TPSA) is 69.7 Å². The third kappa shape index (κ3) is 2.70. The zero-order valence-corrected chi connectivity index (χ0v) is 12.4. The Labute approximate surface area is 119 Å². The molecular formula is C14H23N3O3. The van der Waals surface area contributed by atoms with Gasteiger partial charge in [-0.1, -0.05) is 0 Å². The number of carbonyl (C=O) groups is 3. The number of nitrogens with zero attached hydrogens (tertiary/aromatic N) is 2. The van der Waals surface area contributed by atoms with Crippen molar-refractivity contribution in [1.82, 2.24) is 15.1 Å². The SMILES string of the molecule is CN[C@H]1CN(C(C)=O)CC2CCC[C@@H](C(C)=O)N2C1=O. The Morgan fingerprint density at radius 2 is 1.90 bits per heavy atom. The van der Waals surface area contributed by atoms with E-state index >= 15 is 0 Å². The summed E-state index contributed by atoms with van der Waals surface area (Å²) in [7, 11) is 1.72. The molecule has 0 aromatic carbocycles. The van der Waals surface area contributed by atoms with Gasteiger partial charge in [-0.05, 0) is 33.2 Å². The molecule has 0 bridgehead atoms. The van der Waals surface area contributed by atoms with E-state index in [4.69, 9.17) is 0 Å². The van der Waals surface area contributed by atoms with Gasteiger partial charge in [-0.3, -0.25) is 14.4 Å². The zero-order valence-electron chi connectivity index (χ0n) is 12.4. The van der Waals surface area contributed by atoms with Crippen molar-refractivity contribution in [2.24, 2.45) is 0 Å². The fourth-order valence-corrected chi connectivity index (χ4v) is 3.27. The van der Waals surface area contributed by atoms with E-state index in [0.29, 0.717) is 13.1 Å². The Bertz CT molecular complexity index is 424. The van der Waals surface area contributed by atoms with E-state index in [1.54, 1.807) is 23.8 Å². The molecule has 2 rings (SSSR count). The minimum absolute atomic E-state index is 0.0233. The van der Waals surface area contributed by atoms with E-state index in [9.17, 15) is 14.4 Å². The fraction of sp³-hybridized carbons (Fsp3) is 0.786. The van der Waals surface area contributed by atoms with Crippen molar-refractivity contribution in [2.75, 3.05) is 20.1 Å². The lowest BCUT2D eigenvalue weighted by atomic mass is 9.93. The standard InChI is InChI=1S/C14H23N3O3/c1-9(18)13-6-4-5-11-7-16(10(2)19)8-12(15-3)14(20)17(11)13/h11-13,15H,4-8H2,1-3H3/t11?,12-,13-/m0/s1. The molecule has 0 saturated carbocycles.